The first-order valence-corrected chi connectivity index (χ1v) is 5.64. The molecule has 2 atom stereocenters. The lowest BCUT2D eigenvalue weighted by atomic mass is 9.99. The third kappa shape index (κ3) is 4.75. The Balaban J connectivity index is 0.00000400. The lowest BCUT2D eigenvalue weighted by Gasteiger charge is -2.18. The molecule has 0 amide bonds. The fourth-order valence-electron chi connectivity index (χ4n) is 1.52. The smallest absolute Gasteiger partial charge is 0.416 e. The van der Waals surface area contributed by atoms with E-state index in [1.165, 1.54) is 6.92 Å². The second kappa shape index (κ2) is 7.46. The van der Waals surface area contributed by atoms with Crippen molar-refractivity contribution in [1.29, 1.82) is 0 Å². The summed E-state index contributed by atoms with van der Waals surface area (Å²) in [6.07, 6.45) is -7.04. The molecule has 0 saturated heterocycles. The number of hydrogen-bond donors (Lipinski definition) is 2. The van der Waals surface area contributed by atoms with Crippen molar-refractivity contribution in [2.45, 2.75) is 25.3 Å². The van der Waals surface area contributed by atoms with Crippen molar-refractivity contribution in [3.8, 4) is 5.75 Å². The first-order valence-electron chi connectivity index (χ1n) is 5.64. The highest BCUT2D eigenvalue weighted by Crippen LogP contribution is 2.35. The first-order chi connectivity index (χ1) is 9.18. The summed E-state index contributed by atoms with van der Waals surface area (Å²) in [4.78, 5) is 11.2. The molecule has 3 N–H and O–H groups in total. The van der Waals surface area contributed by atoms with Crippen molar-refractivity contribution in [3.05, 3.63) is 29.3 Å². The van der Waals surface area contributed by atoms with Crippen LogP contribution in [0.3, 0.4) is 0 Å². The predicted octanol–water partition coefficient (Wildman–Crippen LogP) is 2.73. The Morgan fingerprint density at radius 3 is 2.48 bits per heavy atom. The van der Waals surface area contributed by atoms with Crippen LogP contribution >= 0.6 is 12.4 Å². The molecule has 0 spiro atoms. The molecule has 120 valence electrons. The Hall–Kier alpha value is -1.54. The van der Waals surface area contributed by atoms with Gasteiger partial charge in [-0.25, -0.2) is 9.18 Å². The number of hydrogen-bond acceptors (Lipinski definition) is 4. The summed E-state index contributed by atoms with van der Waals surface area (Å²) in [7, 11) is 0. The van der Waals surface area contributed by atoms with Crippen LogP contribution in [0.2, 0.25) is 0 Å². The van der Waals surface area contributed by atoms with Crippen molar-refractivity contribution in [2.24, 2.45) is 5.73 Å². The second-order valence-electron chi connectivity index (χ2n) is 3.95. The molecule has 1 aromatic rings. The maximum absolute atomic E-state index is 13.7. The molecular weight excluding hydrogens is 318 g/mol. The number of nitrogens with two attached hydrogens (primary N) is 1. The van der Waals surface area contributed by atoms with E-state index in [1.807, 2.05) is 0 Å². The zero-order valence-electron chi connectivity index (χ0n) is 10.9. The number of aromatic hydroxyl groups is 1. The fraction of sp³-hybridized carbons (Fsp3) is 0.417. The van der Waals surface area contributed by atoms with E-state index in [4.69, 9.17) is 5.73 Å². The minimum absolute atomic E-state index is 0. The summed E-state index contributed by atoms with van der Waals surface area (Å²) in [6.45, 7) is 1.35. The Morgan fingerprint density at radius 1 is 1.43 bits per heavy atom. The van der Waals surface area contributed by atoms with Crippen molar-refractivity contribution >= 4 is 18.4 Å². The van der Waals surface area contributed by atoms with Crippen molar-refractivity contribution in [1.82, 2.24) is 0 Å². The van der Waals surface area contributed by atoms with Gasteiger partial charge in [0.1, 0.15) is 5.75 Å². The summed E-state index contributed by atoms with van der Waals surface area (Å²) < 4.78 is 55.7. The van der Waals surface area contributed by atoms with Gasteiger partial charge in [-0.15, -0.1) is 12.4 Å². The Labute approximate surface area is 124 Å². The number of alkyl halides is 4. The summed E-state index contributed by atoms with van der Waals surface area (Å²) in [6, 6.07) is 0.126. The number of esters is 1. The van der Waals surface area contributed by atoms with Gasteiger partial charge in [0.15, 0.2) is 0 Å². The zero-order chi connectivity index (χ0) is 15.5. The average Bonchev–Trinajstić information content (AvgIpc) is 2.36. The van der Waals surface area contributed by atoms with Crippen LogP contribution in [0, 0.1) is 0 Å². The predicted molar refractivity (Wildman–Crippen MR) is 68.8 cm³/mol. The van der Waals surface area contributed by atoms with Gasteiger partial charge in [0.25, 0.3) is 0 Å². The zero-order valence-corrected chi connectivity index (χ0v) is 11.7. The molecule has 9 heteroatoms. The molecule has 21 heavy (non-hydrogen) atoms. The van der Waals surface area contributed by atoms with Crippen molar-refractivity contribution in [3.63, 3.8) is 0 Å². The Bertz CT molecular complexity index is 496. The van der Waals surface area contributed by atoms with E-state index in [0.717, 1.165) is 6.07 Å². The maximum Gasteiger partial charge on any atom is 0.416 e. The molecule has 0 bridgehead atoms. The van der Waals surface area contributed by atoms with E-state index >= 15 is 0 Å². The van der Waals surface area contributed by atoms with Gasteiger partial charge < -0.3 is 15.6 Å². The Kier molecular flexibility index (Phi) is 6.92. The molecule has 1 aromatic carbocycles. The largest absolute Gasteiger partial charge is 0.508 e. The molecule has 0 aliphatic rings. The van der Waals surface area contributed by atoms with Crippen LogP contribution in [0.1, 0.15) is 24.1 Å². The fourth-order valence-corrected chi connectivity index (χ4v) is 1.52. The Morgan fingerprint density at radius 2 is 2.00 bits per heavy atom. The number of rotatable bonds is 4. The molecule has 0 aliphatic heterocycles. The van der Waals surface area contributed by atoms with Gasteiger partial charge in [-0.2, -0.15) is 13.2 Å². The molecule has 0 aliphatic carbocycles. The van der Waals surface area contributed by atoms with Crippen LogP contribution in [0.15, 0.2) is 18.2 Å². The highest BCUT2D eigenvalue weighted by Gasteiger charge is 2.34. The molecule has 0 aromatic heterocycles. The maximum atomic E-state index is 13.7. The number of carbonyl (C=O) groups excluding carboxylic acids is 1. The van der Waals surface area contributed by atoms with Crippen LogP contribution in [-0.2, 0) is 15.7 Å². The van der Waals surface area contributed by atoms with E-state index in [9.17, 15) is 27.5 Å². The van der Waals surface area contributed by atoms with Gasteiger partial charge in [-0.1, -0.05) is 0 Å². The molecule has 1 unspecified atom stereocenters. The number of carbonyl (C=O) groups is 1. The van der Waals surface area contributed by atoms with E-state index in [2.05, 4.69) is 4.74 Å². The van der Waals surface area contributed by atoms with Crippen LogP contribution in [0.5, 0.6) is 5.75 Å². The highest BCUT2D eigenvalue weighted by atomic mass is 35.5. The van der Waals surface area contributed by atoms with Crippen molar-refractivity contribution in [2.75, 3.05) is 6.61 Å². The standard InChI is InChI=1S/C12H13F4NO3.ClH/c1-2-20-11(19)9(13)10(17)7-5-6(12(14,15)16)3-4-8(7)18;/h3-5,9-10,18H,2,17H2,1H3;1H/t9?,10-;/m0./s1. The second-order valence-corrected chi connectivity index (χ2v) is 3.95. The molecule has 0 heterocycles. The number of phenolic OH excluding ortho intramolecular Hbond substituents is 1. The van der Waals surface area contributed by atoms with E-state index in [-0.39, 0.29) is 19.0 Å². The van der Waals surface area contributed by atoms with Crippen LogP contribution in [-0.4, -0.2) is 23.9 Å². The van der Waals surface area contributed by atoms with Gasteiger partial charge in [-0.3, -0.25) is 0 Å². The van der Waals surface area contributed by atoms with Gasteiger partial charge in [0.2, 0.25) is 6.17 Å². The van der Waals surface area contributed by atoms with Gasteiger partial charge in [-0.05, 0) is 25.1 Å². The molecule has 0 radical (unpaired) electrons. The first kappa shape index (κ1) is 19.5. The van der Waals surface area contributed by atoms with E-state index in [0.29, 0.717) is 12.1 Å². The molecule has 0 saturated carbocycles. The van der Waals surface area contributed by atoms with Crippen LogP contribution in [0.4, 0.5) is 17.6 Å². The summed E-state index contributed by atoms with van der Waals surface area (Å²) in [5.41, 5.74) is 3.77. The number of ether oxygens (including phenoxy) is 1. The minimum Gasteiger partial charge on any atom is -0.508 e. The summed E-state index contributed by atoms with van der Waals surface area (Å²) in [5, 5.41) is 9.47. The topological polar surface area (TPSA) is 72.5 Å². The van der Waals surface area contributed by atoms with Gasteiger partial charge in [0.05, 0.1) is 18.2 Å². The lowest BCUT2D eigenvalue weighted by molar-refractivity contribution is -0.149. The molecule has 0 fully saturated rings. The third-order valence-corrected chi connectivity index (χ3v) is 2.54. The lowest BCUT2D eigenvalue weighted by Crippen LogP contribution is -2.31. The SMILES string of the molecule is CCOC(=O)C(F)[C@@H](N)c1cc(C(F)(F)F)ccc1O.Cl. The number of halogens is 5. The highest BCUT2D eigenvalue weighted by molar-refractivity contribution is 5.85. The van der Waals surface area contributed by atoms with Gasteiger partial charge in [0, 0.05) is 5.56 Å². The van der Waals surface area contributed by atoms with Crippen molar-refractivity contribution < 1.29 is 32.2 Å². The molecular formula is C12H14ClF4NO3. The molecule has 1 rings (SSSR count). The van der Waals surface area contributed by atoms with E-state index in [1.54, 1.807) is 0 Å². The number of benzene rings is 1. The number of phenols is 1. The van der Waals surface area contributed by atoms with Gasteiger partial charge >= 0.3 is 12.1 Å². The summed E-state index contributed by atoms with van der Waals surface area (Å²) in [5.74, 6) is -1.92. The van der Waals surface area contributed by atoms with Crippen LogP contribution < -0.4 is 5.73 Å². The monoisotopic (exact) mass is 331 g/mol. The molecule has 4 nitrogen and oxygen atoms in total. The normalized spacial score (nSPS) is 14.0. The van der Waals surface area contributed by atoms with E-state index < -0.39 is 41.2 Å². The van der Waals surface area contributed by atoms with Crippen LogP contribution in [0.25, 0.3) is 0 Å². The average molecular weight is 332 g/mol. The summed E-state index contributed by atoms with van der Waals surface area (Å²) >= 11 is 0. The minimum atomic E-state index is -4.67. The third-order valence-electron chi connectivity index (χ3n) is 2.54. The quantitative estimate of drug-likeness (QED) is 0.657.